The Labute approximate surface area is 223 Å². The number of rotatable bonds is 9. The summed E-state index contributed by atoms with van der Waals surface area (Å²) in [7, 11) is 0. The first kappa shape index (κ1) is 24.8. The van der Waals surface area contributed by atoms with Crippen molar-refractivity contribution in [2.75, 3.05) is 12.3 Å². The van der Waals surface area contributed by atoms with Crippen LogP contribution in [-0.2, 0) is 22.7 Å². The van der Waals surface area contributed by atoms with Gasteiger partial charge in [-0.05, 0) is 50.7 Å². The van der Waals surface area contributed by atoms with Crippen molar-refractivity contribution in [2.24, 2.45) is 11.3 Å². The van der Waals surface area contributed by atoms with E-state index in [1.807, 2.05) is 54.9 Å². The summed E-state index contributed by atoms with van der Waals surface area (Å²) in [5, 5.41) is 0. The summed E-state index contributed by atoms with van der Waals surface area (Å²) >= 11 is 0. The topological polar surface area (TPSA) is 97.3 Å². The molecule has 2 aromatic carbocycles. The fourth-order valence-corrected chi connectivity index (χ4v) is 5.93. The maximum Gasteiger partial charge on any atom is 0.247 e. The van der Waals surface area contributed by atoms with Crippen molar-refractivity contribution in [3.05, 3.63) is 78.1 Å². The van der Waals surface area contributed by atoms with Gasteiger partial charge in [-0.15, -0.1) is 0 Å². The van der Waals surface area contributed by atoms with Crippen LogP contribution in [-0.4, -0.2) is 37.8 Å². The third-order valence-corrected chi connectivity index (χ3v) is 7.70. The smallest absolute Gasteiger partial charge is 0.247 e. The van der Waals surface area contributed by atoms with Gasteiger partial charge in [0.2, 0.25) is 11.8 Å². The van der Waals surface area contributed by atoms with E-state index in [-0.39, 0.29) is 29.1 Å². The number of hydrogen-bond donors (Lipinski definition) is 1. The number of ether oxygens (including phenoxy) is 3. The van der Waals surface area contributed by atoms with Crippen LogP contribution in [0.1, 0.15) is 50.8 Å². The molecule has 8 heteroatoms. The number of benzene rings is 2. The van der Waals surface area contributed by atoms with E-state index in [0.29, 0.717) is 42.8 Å². The largest absolute Gasteiger partial charge is 0.471 e. The highest BCUT2D eigenvalue weighted by Gasteiger charge is 2.69. The number of nitrogens with two attached hydrogens (primary N) is 1. The van der Waals surface area contributed by atoms with E-state index in [4.69, 9.17) is 19.9 Å². The van der Waals surface area contributed by atoms with Gasteiger partial charge in [-0.3, -0.25) is 0 Å². The molecule has 2 fully saturated rings. The molecule has 8 nitrogen and oxygen atoms in total. The summed E-state index contributed by atoms with van der Waals surface area (Å²) in [5.74, 6) is 0.993. The molecule has 2 unspecified atom stereocenters. The van der Waals surface area contributed by atoms with Gasteiger partial charge < -0.3 is 24.5 Å². The average molecular weight is 514 g/mol. The third-order valence-electron chi connectivity index (χ3n) is 7.70. The monoisotopic (exact) mass is 513 g/mol. The molecule has 0 radical (unpaired) electrons. The van der Waals surface area contributed by atoms with Crippen LogP contribution in [0.25, 0.3) is 11.2 Å². The molecule has 0 spiro atoms. The third kappa shape index (κ3) is 4.86. The summed E-state index contributed by atoms with van der Waals surface area (Å²) in [6.07, 6.45) is 3.85. The molecule has 6 rings (SSSR count). The summed E-state index contributed by atoms with van der Waals surface area (Å²) in [5.41, 5.74) is 9.43. The van der Waals surface area contributed by atoms with E-state index in [1.165, 1.54) is 5.56 Å². The Kier molecular flexibility index (Phi) is 6.32. The second-order valence-corrected chi connectivity index (χ2v) is 11.5. The van der Waals surface area contributed by atoms with Crippen LogP contribution < -0.4 is 10.5 Å². The van der Waals surface area contributed by atoms with Crippen LogP contribution in [0.3, 0.4) is 0 Å². The summed E-state index contributed by atoms with van der Waals surface area (Å²) in [6, 6.07) is 20.5. The molecule has 0 bridgehead atoms. The predicted molar refractivity (Wildman–Crippen MR) is 145 cm³/mol. The number of anilines is 1. The van der Waals surface area contributed by atoms with Gasteiger partial charge in [0, 0.05) is 11.5 Å². The van der Waals surface area contributed by atoms with E-state index in [1.54, 1.807) is 0 Å². The standard InChI is InChI=1S/C30H35N5O3/c1-29(2,3)38-24-14-23(22-15-30(22,24)18-36-16-20-10-6-4-7-11-20)35-19-32-25-26(35)33-28(31)34-27(25)37-17-21-12-8-5-9-13-21/h4-13,19,22-24H,14-18H2,1-3H3,(H2,31,33,34)/t22?,23-,24-,30?/m0/s1. The Morgan fingerprint density at radius 1 is 0.974 bits per heavy atom. The molecule has 2 aromatic heterocycles. The van der Waals surface area contributed by atoms with Crippen LogP contribution in [0.15, 0.2) is 67.0 Å². The molecule has 38 heavy (non-hydrogen) atoms. The Bertz CT molecular complexity index is 1400. The van der Waals surface area contributed by atoms with Crippen LogP contribution in [0, 0.1) is 11.3 Å². The van der Waals surface area contributed by atoms with E-state index in [0.717, 1.165) is 18.4 Å². The van der Waals surface area contributed by atoms with Crippen molar-refractivity contribution >= 4 is 17.1 Å². The predicted octanol–water partition coefficient (Wildman–Crippen LogP) is 5.34. The lowest BCUT2D eigenvalue weighted by Crippen LogP contribution is -2.35. The van der Waals surface area contributed by atoms with Crippen molar-refractivity contribution in [3.8, 4) is 5.88 Å². The first-order valence-electron chi connectivity index (χ1n) is 13.3. The lowest BCUT2D eigenvalue weighted by Gasteiger charge is -2.31. The highest BCUT2D eigenvalue weighted by atomic mass is 16.5. The summed E-state index contributed by atoms with van der Waals surface area (Å²) in [6.45, 7) is 8.00. The van der Waals surface area contributed by atoms with Crippen molar-refractivity contribution in [3.63, 3.8) is 0 Å². The van der Waals surface area contributed by atoms with E-state index >= 15 is 0 Å². The normalized spacial score (nSPS) is 24.4. The lowest BCUT2D eigenvalue weighted by molar-refractivity contribution is -0.104. The molecule has 2 N–H and O–H groups in total. The molecule has 2 heterocycles. The fourth-order valence-electron chi connectivity index (χ4n) is 5.93. The van der Waals surface area contributed by atoms with Crippen molar-refractivity contribution in [2.45, 2.75) is 64.6 Å². The molecule has 0 saturated heterocycles. The zero-order valence-electron chi connectivity index (χ0n) is 22.2. The molecule has 4 aromatic rings. The van der Waals surface area contributed by atoms with E-state index < -0.39 is 0 Å². The molecular weight excluding hydrogens is 478 g/mol. The minimum Gasteiger partial charge on any atom is -0.471 e. The van der Waals surface area contributed by atoms with Gasteiger partial charge >= 0.3 is 0 Å². The fraction of sp³-hybridized carbons (Fsp3) is 0.433. The van der Waals surface area contributed by atoms with Gasteiger partial charge in [0.15, 0.2) is 11.2 Å². The molecule has 2 saturated carbocycles. The molecule has 198 valence electrons. The second-order valence-electron chi connectivity index (χ2n) is 11.5. The van der Waals surface area contributed by atoms with Crippen molar-refractivity contribution in [1.29, 1.82) is 0 Å². The number of fused-ring (bicyclic) bond motifs is 2. The first-order valence-corrected chi connectivity index (χ1v) is 13.3. The van der Waals surface area contributed by atoms with Crippen molar-refractivity contribution in [1.82, 2.24) is 19.5 Å². The van der Waals surface area contributed by atoms with Gasteiger partial charge in [-0.1, -0.05) is 60.7 Å². The first-order chi connectivity index (χ1) is 18.3. The molecule has 4 atom stereocenters. The maximum atomic E-state index is 6.64. The maximum absolute atomic E-state index is 6.64. The van der Waals surface area contributed by atoms with E-state index in [9.17, 15) is 0 Å². The minimum atomic E-state index is -0.249. The SMILES string of the molecule is CC(C)(C)O[C@H]1C[C@H](n2cnc3c(OCc4ccccc4)nc(N)nc32)C2CC21COCc1ccccc1. The van der Waals surface area contributed by atoms with Gasteiger partial charge in [-0.25, -0.2) is 4.98 Å². The Balaban J connectivity index is 1.24. The number of aromatic nitrogens is 4. The number of hydrogen-bond acceptors (Lipinski definition) is 7. The van der Waals surface area contributed by atoms with Gasteiger partial charge in [0.1, 0.15) is 6.61 Å². The molecular formula is C30H35N5O3. The zero-order chi connectivity index (χ0) is 26.3. The quantitative estimate of drug-likeness (QED) is 0.323. The van der Waals surface area contributed by atoms with Crippen LogP contribution in [0.2, 0.25) is 0 Å². The minimum absolute atomic E-state index is 0.0193. The van der Waals surface area contributed by atoms with Crippen molar-refractivity contribution < 1.29 is 14.2 Å². The number of imidazole rings is 1. The molecule has 2 aliphatic rings. The number of nitrogens with zero attached hydrogens (tertiary/aromatic N) is 4. The van der Waals surface area contributed by atoms with Crippen LogP contribution in [0.5, 0.6) is 5.88 Å². The van der Waals surface area contributed by atoms with Gasteiger partial charge in [-0.2, -0.15) is 9.97 Å². The molecule has 0 aliphatic heterocycles. The lowest BCUT2D eigenvalue weighted by atomic mass is 10.0. The van der Waals surface area contributed by atoms with Gasteiger partial charge in [0.25, 0.3) is 0 Å². The Morgan fingerprint density at radius 3 is 2.34 bits per heavy atom. The Hall–Kier alpha value is -3.49. The Morgan fingerprint density at radius 2 is 1.66 bits per heavy atom. The number of nitrogen functional groups attached to an aromatic ring is 1. The molecule has 0 amide bonds. The zero-order valence-corrected chi connectivity index (χ0v) is 22.2. The summed E-state index contributed by atoms with van der Waals surface area (Å²) < 4.78 is 21.1. The molecule has 2 aliphatic carbocycles. The van der Waals surface area contributed by atoms with Gasteiger partial charge in [0.05, 0.1) is 31.2 Å². The summed E-state index contributed by atoms with van der Waals surface area (Å²) in [4.78, 5) is 13.6. The highest BCUT2D eigenvalue weighted by Crippen LogP contribution is 2.69. The average Bonchev–Trinajstić information content (AvgIpc) is 3.35. The van der Waals surface area contributed by atoms with Crippen LogP contribution >= 0.6 is 0 Å². The van der Waals surface area contributed by atoms with E-state index in [2.05, 4.69) is 52.4 Å². The van der Waals surface area contributed by atoms with Crippen LogP contribution in [0.4, 0.5) is 5.95 Å². The second kappa shape index (κ2) is 9.67. The highest BCUT2D eigenvalue weighted by molar-refractivity contribution is 5.77.